The second-order valence-corrected chi connectivity index (χ2v) is 8.34. The normalized spacial score (nSPS) is 12.2. The average Bonchev–Trinajstić information content (AvgIpc) is 3.36. The Balaban J connectivity index is 1.55. The second kappa shape index (κ2) is 9.19. The van der Waals surface area contributed by atoms with E-state index in [9.17, 15) is 19.7 Å². The second-order valence-electron chi connectivity index (χ2n) is 7.23. The Hall–Kier alpha value is -3.72. The molecule has 0 radical (unpaired) electrons. The maximum absolute atomic E-state index is 13.1. The number of hydrogen-bond donors (Lipinski definition) is 2. The lowest BCUT2D eigenvalue weighted by Crippen LogP contribution is -2.18. The summed E-state index contributed by atoms with van der Waals surface area (Å²) in [5.41, 5.74) is 2.27. The number of non-ortho nitro benzene ring substituents is 1. The Morgan fingerprint density at radius 2 is 1.75 bits per heavy atom. The lowest BCUT2D eigenvalue weighted by molar-refractivity contribution is -0.384. The van der Waals surface area contributed by atoms with Gasteiger partial charge < -0.3 is 15.4 Å². The molecule has 2 N–H and O–H groups in total. The van der Waals surface area contributed by atoms with Crippen molar-refractivity contribution in [2.45, 2.75) is 26.2 Å². The standard InChI is InChI=1S/C23H21N3O5S/c1-2-31-17-12-8-15(9-13-17)24-22(28)20-18-4-3-5-19(18)32-23(20)25-21(27)14-6-10-16(11-7-14)26(29)30/h6-13H,2-5H2,1H3,(H,24,28)(H,25,27). The molecule has 32 heavy (non-hydrogen) atoms. The zero-order chi connectivity index (χ0) is 22.7. The highest BCUT2D eigenvalue weighted by molar-refractivity contribution is 7.17. The van der Waals surface area contributed by atoms with Gasteiger partial charge in [0.05, 0.1) is 17.1 Å². The van der Waals surface area contributed by atoms with Crippen molar-refractivity contribution in [3.63, 3.8) is 0 Å². The molecule has 3 aromatic rings. The Labute approximate surface area is 188 Å². The van der Waals surface area contributed by atoms with E-state index in [1.165, 1.54) is 35.6 Å². The summed E-state index contributed by atoms with van der Waals surface area (Å²) in [7, 11) is 0. The summed E-state index contributed by atoms with van der Waals surface area (Å²) in [6, 6.07) is 12.5. The van der Waals surface area contributed by atoms with Crippen LogP contribution in [0.1, 0.15) is 44.5 Å². The highest BCUT2D eigenvalue weighted by atomic mass is 32.1. The molecule has 0 aliphatic heterocycles. The van der Waals surface area contributed by atoms with E-state index in [4.69, 9.17) is 4.74 Å². The molecule has 0 saturated carbocycles. The fourth-order valence-corrected chi connectivity index (χ4v) is 4.92. The summed E-state index contributed by atoms with van der Waals surface area (Å²) >= 11 is 1.41. The van der Waals surface area contributed by atoms with Crippen LogP contribution in [0.4, 0.5) is 16.4 Å². The van der Waals surface area contributed by atoms with Crippen LogP contribution in [-0.4, -0.2) is 23.3 Å². The molecule has 0 saturated heterocycles. The Bertz CT molecular complexity index is 1170. The molecule has 0 atom stereocenters. The van der Waals surface area contributed by atoms with Gasteiger partial charge >= 0.3 is 0 Å². The van der Waals surface area contributed by atoms with E-state index in [1.54, 1.807) is 24.3 Å². The lowest BCUT2D eigenvalue weighted by atomic mass is 10.1. The van der Waals surface area contributed by atoms with Crippen LogP contribution in [-0.2, 0) is 12.8 Å². The summed E-state index contributed by atoms with van der Waals surface area (Å²) in [5, 5.41) is 17.0. The van der Waals surface area contributed by atoms with Gasteiger partial charge in [-0.15, -0.1) is 11.3 Å². The minimum absolute atomic E-state index is 0.0907. The van der Waals surface area contributed by atoms with E-state index in [1.807, 2.05) is 6.92 Å². The Morgan fingerprint density at radius 3 is 2.41 bits per heavy atom. The first kappa shape index (κ1) is 21.5. The number of aryl methyl sites for hydroxylation is 1. The summed E-state index contributed by atoms with van der Waals surface area (Å²) in [6.45, 7) is 2.46. The summed E-state index contributed by atoms with van der Waals surface area (Å²) < 4.78 is 5.43. The third kappa shape index (κ3) is 4.47. The molecule has 1 heterocycles. The van der Waals surface area contributed by atoms with Crippen LogP contribution in [0.5, 0.6) is 5.75 Å². The van der Waals surface area contributed by atoms with Crippen LogP contribution >= 0.6 is 11.3 Å². The molecule has 0 spiro atoms. The molecule has 164 valence electrons. The number of nitro benzene ring substituents is 1. The van der Waals surface area contributed by atoms with Gasteiger partial charge in [0.1, 0.15) is 10.8 Å². The topological polar surface area (TPSA) is 111 Å². The molecule has 1 aliphatic carbocycles. The lowest BCUT2D eigenvalue weighted by Gasteiger charge is -2.10. The zero-order valence-corrected chi connectivity index (χ0v) is 18.2. The molecule has 8 nitrogen and oxygen atoms in total. The van der Waals surface area contributed by atoms with Crippen molar-refractivity contribution in [1.82, 2.24) is 0 Å². The number of fused-ring (bicyclic) bond motifs is 1. The number of nitrogens with one attached hydrogen (secondary N) is 2. The highest BCUT2D eigenvalue weighted by Crippen LogP contribution is 2.39. The minimum Gasteiger partial charge on any atom is -0.494 e. The van der Waals surface area contributed by atoms with Crippen molar-refractivity contribution >= 4 is 39.5 Å². The highest BCUT2D eigenvalue weighted by Gasteiger charge is 2.28. The number of ether oxygens (including phenoxy) is 1. The van der Waals surface area contributed by atoms with Crippen LogP contribution in [0.3, 0.4) is 0 Å². The van der Waals surface area contributed by atoms with E-state index in [0.29, 0.717) is 22.9 Å². The van der Waals surface area contributed by atoms with E-state index in [-0.39, 0.29) is 17.2 Å². The number of nitrogens with zero attached hydrogens (tertiary/aromatic N) is 1. The molecule has 9 heteroatoms. The summed E-state index contributed by atoms with van der Waals surface area (Å²) in [5.74, 6) is 0.0143. The number of anilines is 2. The van der Waals surface area contributed by atoms with Gasteiger partial charge in [0.2, 0.25) is 0 Å². The maximum Gasteiger partial charge on any atom is 0.269 e. The van der Waals surface area contributed by atoms with Crippen LogP contribution in [0, 0.1) is 10.1 Å². The first-order valence-corrected chi connectivity index (χ1v) is 11.0. The molecule has 0 bridgehead atoms. The van der Waals surface area contributed by atoms with Crippen molar-refractivity contribution in [2.75, 3.05) is 17.2 Å². The zero-order valence-electron chi connectivity index (χ0n) is 17.3. The number of amides is 2. The molecular weight excluding hydrogens is 430 g/mol. The van der Waals surface area contributed by atoms with Crippen molar-refractivity contribution < 1.29 is 19.2 Å². The number of thiophene rings is 1. The van der Waals surface area contributed by atoms with E-state index in [0.717, 1.165) is 35.5 Å². The maximum atomic E-state index is 13.1. The number of carbonyl (C=O) groups is 2. The fourth-order valence-electron chi connectivity index (χ4n) is 3.64. The summed E-state index contributed by atoms with van der Waals surface area (Å²) in [6.07, 6.45) is 2.63. The van der Waals surface area contributed by atoms with Gasteiger partial charge in [-0.3, -0.25) is 19.7 Å². The van der Waals surface area contributed by atoms with Crippen LogP contribution in [0.25, 0.3) is 0 Å². The number of rotatable bonds is 7. The SMILES string of the molecule is CCOc1ccc(NC(=O)c2c(NC(=O)c3ccc([N+](=O)[O-])cc3)sc3c2CCC3)cc1. The smallest absolute Gasteiger partial charge is 0.269 e. The third-order valence-corrected chi connectivity index (χ3v) is 6.35. The molecule has 2 aromatic carbocycles. The van der Waals surface area contributed by atoms with E-state index >= 15 is 0 Å². The van der Waals surface area contributed by atoms with Gasteiger partial charge in [-0.25, -0.2) is 0 Å². The van der Waals surface area contributed by atoms with Gasteiger partial charge in [0.15, 0.2) is 0 Å². The van der Waals surface area contributed by atoms with Crippen LogP contribution < -0.4 is 15.4 Å². The molecule has 0 unspecified atom stereocenters. The van der Waals surface area contributed by atoms with Crippen molar-refractivity contribution in [1.29, 1.82) is 0 Å². The summed E-state index contributed by atoms with van der Waals surface area (Å²) in [4.78, 5) is 37.3. The predicted octanol–water partition coefficient (Wildman–Crippen LogP) is 5.05. The van der Waals surface area contributed by atoms with Gasteiger partial charge in [-0.1, -0.05) is 0 Å². The number of hydrogen-bond acceptors (Lipinski definition) is 6. The third-order valence-electron chi connectivity index (χ3n) is 5.14. The van der Waals surface area contributed by atoms with E-state index < -0.39 is 10.8 Å². The minimum atomic E-state index is -0.519. The molecule has 4 rings (SSSR count). The molecule has 0 fully saturated rings. The first-order chi connectivity index (χ1) is 15.5. The monoisotopic (exact) mass is 451 g/mol. The number of carbonyl (C=O) groups excluding carboxylic acids is 2. The van der Waals surface area contributed by atoms with Crippen LogP contribution in [0.2, 0.25) is 0 Å². The quantitative estimate of drug-likeness (QED) is 0.386. The largest absolute Gasteiger partial charge is 0.494 e. The first-order valence-electron chi connectivity index (χ1n) is 10.2. The van der Waals surface area contributed by atoms with Crippen molar-refractivity contribution in [2.24, 2.45) is 0 Å². The average molecular weight is 452 g/mol. The van der Waals surface area contributed by atoms with Gasteiger partial charge in [0.25, 0.3) is 17.5 Å². The molecule has 2 amide bonds. The number of nitro groups is 1. The van der Waals surface area contributed by atoms with Gasteiger partial charge in [0, 0.05) is 28.3 Å². The van der Waals surface area contributed by atoms with Crippen LogP contribution in [0.15, 0.2) is 48.5 Å². The Morgan fingerprint density at radius 1 is 1.03 bits per heavy atom. The fraction of sp³-hybridized carbons (Fsp3) is 0.217. The van der Waals surface area contributed by atoms with Crippen molar-refractivity contribution in [3.8, 4) is 5.75 Å². The number of benzene rings is 2. The molecule has 1 aliphatic rings. The molecular formula is C23H21N3O5S. The predicted molar refractivity (Wildman–Crippen MR) is 123 cm³/mol. The molecule has 1 aromatic heterocycles. The van der Waals surface area contributed by atoms with Gasteiger partial charge in [-0.05, 0) is 68.1 Å². The van der Waals surface area contributed by atoms with Gasteiger partial charge in [-0.2, -0.15) is 0 Å². The van der Waals surface area contributed by atoms with Crippen molar-refractivity contribution in [3.05, 3.63) is 80.2 Å². The van der Waals surface area contributed by atoms with E-state index in [2.05, 4.69) is 10.6 Å². The Kier molecular flexibility index (Phi) is 6.18.